The molecule has 1 heterocycles. The fourth-order valence-electron chi connectivity index (χ4n) is 3.68. The Balaban J connectivity index is 1.73. The third-order valence-corrected chi connectivity index (χ3v) is 5.04. The summed E-state index contributed by atoms with van der Waals surface area (Å²) < 4.78 is 11.5. The lowest BCUT2D eigenvalue weighted by molar-refractivity contribution is -0.0782. The topological polar surface area (TPSA) is 41.9 Å². The molecule has 2 aliphatic rings. The van der Waals surface area contributed by atoms with E-state index in [1.165, 1.54) is 12.8 Å². The molecule has 4 heteroatoms. The summed E-state index contributed by atoms with van der Waals surface area (Å²) in [7, 11) is 0. The molecule has 1 saturated heterocycles. The number of hydrogen-bond acceptors (Lipinski definition) is 4. The van der Waals surface area contributed by atoms with Gasteiger partial charge in [-0.05, 0) is 30.6 Å². The van der Waals surface area contributed by atoms with Crippen LogP contribution in [0.15, 0.2) is 0 Å². The summed E-state index contributed by atoms with van der Waals surface area (Å²) in [4.78, 5) is 2.26. The third-order valence-electron chi connectivity index (χ3n) is 5.04. The zero-order valence-corrected chi connectivity index (χ0v) is 14.0. The zero-order valence-electron chi connectivity index (χ0n) is 14.0. The first kappa shape index (κ1) is 17.2. The maximum Gasteiger partial charge on any atom is 0.0900 e. The van der Waals surface area contributed by atoms with Crippen molar-refractivity contribution >= 4 is 0 Å². The summed E-state index contributed by atoms with van der Waals surface area (Å²) in [6.07, 6.45) is 3.68. The zero-order chi connectivity index (χ0) is 15.2. The average molecular weight is 299 g/mol. The van der Waals surface area contributed by atoms with E-state index in [0.717, 1.165) is 38.6 Å². The molecule has 1 aliphatic carbocycles. The lowest BCUT2D eigenvalue weighted by atomic mass is 9.75. The van der Waals surface area contributed by atoms with Crippen molar-refractivity contribution in [2.75, 3.05) is 39.5 Å². The van der Waals surface area contributed by atoms with Gasteiger partial charge < -0.3 is 14.6 Å². The first-order valence-electron chi connectivity index (χ1n) is 8.66. The molecule has 124 valence electrons. The van der Waals surface area contributed by atoms with Crippen LogP contribution in [-0.4, -0.2) is 61.7 Å². The van der Waals surface area contributed by atoms with Crippen LogP contribution in [-0.2, 0) is 9.47 Å². The molecule has 2 fully saturated rings. The largest absolute Gasteiger partial charge is 0.389 e. The highest BCUT2D eigenvalue weighted by atomic mass is 16.5. The number of ether oxygens (including phenoxy) is 2. The highest BCUT2D eigenvalue weighted by Gasteiger charge is 2.31. The molecule has 0 aromatic carbocycles. The average Bonchev–Trinajstić information content (AvgIpc) is 2.46. The van der Waals surface area contributed by atoms with Gasteiger partial charge in [-0.3, -0.25) is 4.90 Å². The van der Waals surface area contributed by atoms with Gasteiger partial charge in [0, 0.05) is 19.6 Å². The van der Waals surface area contributed by atoms with E-state index in [-0.39, 0.29) is 6.10 Å². The fraction of sp³-hybridized carbons (Fsp3) is 1.00. The van der Waals surface area contributed by atoms with E-state index < -0.39 is 0 Å². The van der Waals surface area contributed by atoms with Gasteiger partial charge in [-0.1, -0.05) is 27.2 Å². The van der Waals surface area contributed by atoms with E-state index in [1.807, 2.05) is 0 Å². The minimum absolute atomic E-state index is 0.327. The van der Waals surface area contributed by atoms with Crippen LogP contribution in [0, 0.1) is 17.8 Å². The van der Waals surface area contributed by atoms with Gasteiger partial charge in [-0.15, -0.1) is 0 Å². The van der Waals surface area contributed by atoms with Gasteiger partial charge >= 0.3 is 0 Å². The normalized spacial score (nSPS) is 33.3. The van der Waals surface area contributed by atoms with Crippen molar-refractivity contribution in [2.24, 2.45) is 17.8 Å². The van der Waals surface area contributed by atoms with Crippen LogP contribution in [0.5, 0.6) is 0 Å². The first-order valence-corrected chi connectivity index (χ1v) is 8.66. The van der Waals surface area contributed by atoms with Crippen molar-refractivity contribution in [3.05, 3.63) is 0 Å². The summed E-state index contributed by atoms with van der Waals surface area (Å²) in [5.74, 6) is 2.07. The highest BCUT2D eigenvalue weighted by molar-refractivity contribution is 4.81. The fourth-order valence-corrected chi connectivity index (χ4v) is 3.68. The van der Waals surface area contributed by atoms with Crippen LogP contribution in [0.1, 0.15) is 40.0 Å². The number of nitrogens with zero attached hydrogens (tertiary/aromatic N) is 1. The maximum atomic E-state index is 10.2. The molecule has 0 bridgehead atoms. The van der Waals surface area contributed by atoms with Gasteiger partial charge in [0.15, 0.2) is 0 Å². The summed E-state index contributed by atoms with van der Waals surface area (Å²) in [6.45, 7) is 11.5. The van der Waals surface area contributed by atoms with Crippen LogP contribution in [0.2, 0.25) is 0 Å². The molecule has 1 N–H and O–H groups in total. The van der Waals surface area contributed by atoms with Crippen LogP contribution in [0.4, 0.5) is 0 Å². The highest BCUT2D eigenvalue weighted by Crippen LogP contribution is 2.35. The molecule has 1 saturated carbocycles. The Labute approximate surface area is 129 Å². The standard InChI is InChI=1S/C17H33NO3/c1-13(2)16-5-4-14(3)10-17(16)21-12-15(19)11-18-6-8-20-9-7-18/h13-17,19H,4-12H2,1-3H3/t14-,15+,16+,17+/m0/s1. The molecule has 2 rings (SSSR count). The molecule has 0 aromatic heterocycles. The van der Waals surface area contributed by atoms with Crippen LogP contribution in [0.3, 0.4) is 0 Å². The number of aliphatic hydroxyl groups is 1. The van der Waals surface area contributed by atoms with E-state index in [0.29, 0.717) is 31.1 Å². The second kappa shape index (κ2) is 8.47. The van der Waals surface area contributed by atoms with Crippen molar-refractivity contribution in [2.45, 2.75) is 52.2 Å². The van der Waals surface area contributed by atoms with E-state index in [2.05, 4.69) is 25.7 Å². The van der Waals surface area contributed by atoms with Gasteiger partial charge in [0.25, 0.3) is 0 Å². The van der Waals surface area contributed by atoms with Crippen LogP contribution >= 0.6 is 0 Å². The van der Waals surface area contributed by atoms with Crippen LogP contribution < -0.4 is 0 Å². The summed E-state index contributed by atoms with van der Waals surface area (Å²) in [6, 6.07) is 0. The van der Waals surface area contributed by atoms with Crippen molar-refractivity contribution in [3.63, 3.8) is 0 Å². The lowest BCUT2D eigenvalue weighted by Gasteiger charge is -2.38. The SMILES string of the molecule is CC(C)[C@H]1CC[C@H](C)C[C@H]1OC[C@H](O)CN1CCOCC1. The van der Waals surface area contributed by atoms with Crippen LogP contribution in [0.25, 0.3) is 0 Å². The van der Waals surface area contributed by atoms with Gasteiger partial charge in [0.2, 0.25) is 0 Å². The number of morpholine rings is 1. The summed E-state index contributed by atoms with van der Waals surface area (Å²) >= 11 is 0. The predicted octanol–water partition coefficient (Wildman–Crippen LogP) is 2.16. The maximum absolute atomic E-state index is 10.2. The monoisotopic (exact) mass is 299 g/mol. The minimum atomic E-state index is -0.381. The Morgan fingerprint density at radius 1 is 1.24 bits per heavy atom. The van der Waals surface area contributed by atoms with Gasteiger partial charge in [0.05, 0.1) is 32.0 Å². The molecule has 1 aliphatic heterocycles. The second-order valence-electron chi connectivity index (χ2n) is 7.26. The van der Waals surface area contributed by atoms with Crippen molar-refractivity contribution < 1.29 is 14.6 Å². The van der Waals surface area contributed by atoms with Crippen molar-refractivity contribution in [1.82, 2.24) is 4.90 Å². The quantitative estimate of drug-likeness (QED) is 0.816. The predicted molar refractivity (Wildman–Crippen MR) is 84.3 cm³/mol. The van der Waals surface area contributed by atoms with E-state index in [4.69, 9.17) is 9.47 Å². The van der Waals surface area contributed by atoms with Gasteiger partial charge in [-0.2, -0.15) is 0 Å². The van der Waals surface area contributed by atoms with Crippen molar-refractivity contribution in [1.29, 1.82) is 0 Å². The molecular weight excluding hydrogens is 266 g/mol. The Kier molecular flexibility index (Phi) is 6.93. The molecule has 4 atom stereocenters. The Morgan fingerprint density at radius 3 is 2.62 bits per heavy atom. The number of rotatable bonds is 6. The Hall–Kier alpha value is -0.160. The molecular formula is C17H33NO3. The molecule has 0 amide bonds. The number of aliphatic hydroxyl groups excluding tert-OH is 1. The molecule has 0 spiro atoms. The molecule has 0 aromatic rings. The lowest BCUT2D eigenvalue weighted by Crippen LogP contribution is -2.43. The number of hydrogen-bond donors (Lipinski definition) is 1. The van der Waals surface area contributed by atoms with Crippen molar-refractivity contribution in [3.8, 4) is 0 Å². The number of β-amino-alcohol motifs (C(OH)–C–C–N with tert-alkyl or cyclic N) is 1. The second-order valence-corrected chi connectivity index (χ2v) is 7.26. The van der Waals surface area contributed by atoms with Gasteiger partial charge in [0.1, 0.15) is 0 Å². The first-order chi connectivity index (χ1) is 10.1. The molecule has 0 radical (unpaired) electrons. The Morgan fingerprint density at radius 2 is 1.95 bits per heavy atom. The third kappa shape index (κ3) is 5.51. The minimum Gasteiger partial charge on any atom is -0.389 e. The molecule has 21 heavy (non-hydrogen) atoms. The Bertz CT molecular complexity index is 292. The van der Waals surface area contributed by atoms with E-state index in [9.17, 15) is 5.11 Å². The summed E-state index contributed by atoms with van der Waals surface area (Å²) in [5.41, 5.74) is 0. The smallest absolute Gasteiger partial charge is 0.0900 e. The van der Waals surface area contributed by atoms with Gasteiger partial charge in [-0.25, -0.2) is 0 Å². The van der Waals surface area contributed by atoms with E-state index in [1.54, 1.807) is 0 Å². The molecule has 0 unspecified atom stereocenters. The molecule has 4 nitrogen and oxygen atoms in total. The van der Waals surface area contributed by atoms with E-state index >= 15 is 0 Å². The summed E-state index contributed by atoms with van der Waals surface area (Å²) in [5, 5.41) is 10.2.